The topological polar surface area (TPSA) is 25.2 Å². The molecule has 1 heterocycles. The van der Waals surface area contributed by atoms with Crippen LogP contribution >= 0.6 is 0 Å². The number of aliphatic imine (C=N–C) groups is 1. The van der Waals surface area contributed by atoms with Crippen LogP contribution in [0.5, 0.6) is 0 Å². The molecular weight excluding hydrogens is 544 g/mol. The van der Waals surface area contributed by atoms with Crippen molar-refractivity contribution >= 4 is 22.7 Å². The van der Waals surface area contributed by atoms with Crippen molar-refractivity contribution in [3.8, 4) is 33.4 Å². The highest BCUT2D eigenvalue weighted by atomic mass is 14.7. The van der Waals surface area contributed by atoms with Gasteiger partial charge in [-0.25, -0.2) is 0 Å². The van der Waals surface area contributed by atoms with Gasteiger partial charge in [0.1, 0.15) is 0 Å². The zero-order chi connectivity index (χ0) is 30.3. The molecule has 7 rings (SSSR count). The number of para-hydroxylation sites is 1. The molecule has 0 aliphatic carbocycles. The summed E-state index contributed by atoms with van der Waals surface area (Å²) in [5, 5.41) is 1.15. The van der Waals surface area contributed by atoms with E-state index >= 15 is 0 Å². The summed E-state index contributed by atoms with van der Waals surface area (Å²) in [7, 11) is 0. The molecule has 0 aliphatic rings. The van der Waals surface area contributed by atoms with E-state index in [0.717, 1.165) is 44.4 Å². The smallest absolute Gasteiger partial charge is 0.0780 e. The minimum absolute atomic E-state index is 0.584. The fourth-order valence-electron chi connectivity index (χ4n) is 5.60. The lowest BCUT2D eigenvalue weighted by molar-refractivity contribution is 1.07. The number of pyridine rings is 1. The van der Waals surface area contributed by atoms with Crippen molar-refractivity contribution in [1.29, 1.82) is 0 Å². The largest absolute Gasteiger partial charge is 0.280 e. The van der Waals surface area contributed by atoms with E-state index in [4.69, 9.17) is 4.99 Å². The molecule has 2 nitrogen and oxygen atoms in total. The Kier molecular flexibility index (Phi) is 8.19. The van der Waals surface area contributed by atoms with Crippen LogP contribution < -0.4 is 0 Å². The standard InChI is InChI=1S/C43H32N2/c1-3-9-34(10-4-1)36-21-16-32(17-22-36)20-29-42(39-27-25-37(26-28-39)35-11-5-2-6-12-35)45-31-33-18-23-38(24-19-33)41-15-7-13-40-14-8-30-44-43(40)41/h1-30H,31H2/b29-20+,45-42?. The number of benzene rings is 6. The Labute approximate surface area is 264 Å². The molecule has 0 spiro atoms. The molecule has 1 aromatic heterocycles. The zero-order valence-electron chi connectivity index (χ0n) is 24.9. The van der Waals surface area contributed by atoms with Crippen molar-refractivity contribution < 1.29 is 0 Å². The van der Waals surface area contributed by atoms with Crippen LogP contribution in [0, 0.1) is 0 Å². The number of fused-ring (bicyclic) bond motifs is 1. The van der Waals surface area contributed by atoms with E-state index in [9.17, 15) is 0 Å². The summed E-state index contributed by atoms with van der Waals surface area (Å²) in [5.41, 5.74) is 12.5. The average Bonchev–Trinajstić information content (AvgIpc) is 3.13. The van der Waals surface area contributed by atoms with E-state index in [1.54, 1.807) is 0 Å². The van der Waals surface area contributed by atoms with Gasteiger partial charge in [0.05, 0.1) is 17.8 Å². The van der Waals surface area contributed by atoms with Gasteiger partial charge in [0.15, 0.2) is 0 Å². The fourth-order valence-corrected chi connectivity index (χ4v) is 5.60. The molecule has 214 valence electrons. The summed E-state index contributed by atoms with van der Waals surface area (Å²) >= 11 is 0. The van der Waals surface area contributed by atoms with Gasteiger partial charge in [0.25, 0.3) is 0 Å². The Hall–Kier alpha value is -5.86. The van der Waals surface area contributed by atoms with Crippen LogP contribution in [0.2, 0.25) is 0 Å². The lowest BCUT2D eigenvalue weighted by Crippen LogP contribution is -1.98. The molecule has 0 saturated heterocycles. The first kappa shape index (κ1) is 27.9. The highest BCUT2D eigenvalue weighted by Crippen LogP contribution is 2.28. The molecule has 0 atom stereocenters. The molecule has 0 radical (unpaired) electrons. The van der Waals surface area contributed by atoms with Gasteiger partial charge in [-0.3, -0.25) is 9.98 Å². The van der Waals surface area contributed by atoms with E-state index in [1.165, 1.54) is 22.3 Å². The van der Waals surface area contributed by atoms with Crippen molar-refractivity contribution in [3.05, 3.63) is 193 Å². The van der Waals surface area contributed by atoms with Crippen molar-refractivity contribution in [1.82, 2.24) is 4.98 Å². The van der Waals surface area contributed by atoms with Crippen molar-refractivity contribution in [2.24, 2.45) is 4.99 Å². The molecular formula is C43H32N2. The molecule has 2 heteroatoms. The lowest BCUT2D eigenvalue weighted by atomic mass is 10.0. The number of aromatic nitrogens is 1. The highest BCUT2D eigenvalue weighted by molar-refractivity contribution is 6.11. The summed E-state index contributed by atoms with van der Waals surface area (Å²) in [5.74, 6) is 0. The van der Waals surface area contributed by atoms with Crippen LogP contribution in [0.4, 0.5) is 0 Å². The van der Waals surface area contributed by atoms with Crippen molar-refractivity contribution in [3.63, 3.8) is 0 Å². The molecule has 45 heavy (non-hydrogen) atoms. The van der Waals surface area contributed by atoms with Crippen molar-refractivity contribution in [2.75, 3.05) is 0 Å². The van der Waals surface area contributed by atoms with Gasteiger partial charge < -0.3 is 0 Å². The predicted molar refractivity (Wildman–Crippen MR) is 190 cm³/mol. The molecule has 0 bridgehead atoms. The van der Waals surface area contributed by atoms with E-state index in [-0.39, 0.29) is 0 Å². The maximum absolute atomic E-state index is 5.12. The Morgan fingerprint density at radius 3 is 1.76 bits per heavy atom. The second kappa shape index (κ2) is 13.2. The third-order valence-corrected chi connectivity index (χ3v) is 8.07. The Balaban J connectivity index is 1.16. The molecule has 0 amide bonds. The van der Waals surface area contributed by atoms with Crippen LogP contribution in [-0.4, -0.2) is 10.7 Å². The first-order chi connectivity index (χ1) is 22.3. The normalized spacial score (nSPS) is 11.7. The van der Waals surface area contributed by atoms with Gasteiger partial charge in [-0.1, -0.05) is 164 Å². The first-order valence-corrected chi connectivity index (χ1v) is 15.3. The SMILES string of the molecule is C(=C\c1ccc(-c2ccccc2)cc1)/C(=NCc1ccc(-c2cccc3cccnc23)cc1)c1ccc(-c2ccccc2)cc1. The van der Waals surface area contributed by atoms with Gasteiger partial charge in [0.2, 0.25) is 0 Å². The number of allylic oxidation sites excluding steroid dienone is 1. The maximum Gasteiger partial charge on any atom is 0.0780 e. The Morgan fingerprint density at radius 1 is 0.511 bits per heavy atom. The zero-order valence-corrected chi connectivity index (χ0v) is 24.9. The molecule has 0 saturated carbocycles. The number of nitrogens with zero attached hydrogens (tertiary/aromatic N) is 2. The van der Waals surface area contributed by atoms with E-state index in [0.29, 0.717) is 6.54 Å². The summed E-state index contributed by atoms with van der Waals surface area (Å²) in [6.07, 6.45) is 6.13. The van der Waals surface area contributed by atoms with Crippen LogP contribution in [-0.2, 0) is 6.54 Å². The Morgan fingerprint density at radius 2 is 1.09 bits per heavy atom. The van der Waals surface area contributed by atoms with E-state index < -0.39 is 0 Å². The molecule has 0 aliphatic heterocycles. The monoisotopic (exact) mass is 576 g/mol. The molecule has 0 fully saturated rings. The van der Waals surface area contributed by atoms with E-state index in [1.807, 2.05) is 24.4 Å². The number of hydrogen-bond donors (Lipinski definition) is 0. The summed E-state index contributed by atoms with van der Waals surface area (Å²) < 4.78 is 0. The van der Waals surface area contributed by atoms with Crippen LogP contribution in [0.3, 0.4) is 0 Å². The number of hydrogen-bond acceptors (Lipinski definition) is 2. The third-order valence-electron chi connectivity index (χ3n) is 8.07. The molecule has 6 aromatic carbocycles. The van der Waals surface area contributed by atoms with Gasteiger partial charge in [-0.05, 0) is 56.6 Å². The fraction of sp³-hybridized carbons (Fsp3) is 0.0233. The molecule has 7 aromatic rings. The van der Waals surface area contributed by atoms with Gasteiger partial charge >= 0.3 is 0 Å². The second-order valence-electron chi connectivity index (χ2n) is 11.0. The molecule has 0 unspecified atom stereocenters. The maximum atomic E-state index is 5.12. The van der Waals surface area contributed by atoms with Gasteiger partial charge in [-0.2, -0.15) is 0 Å². The lowest BCUT2D eigenvalue weighted by Gasteiger charge is -2.08. The van der Waals surface area contributed by atoms with E-state index in [2.05, 4.69) is 163 Å². The summed E-state index contributed by atoms with van der Waals surface area (Å²) in [6, 6.07) is 57.4. The summed E-state index contributed by atoms with van der Waals surface area (Å²) in [6.45, 7) is 0.584. The quantitative estimate of drug-likeness (QED) is 0.165. The molecule has 0 N–H and O–H groups in total. The van der Waals surface area contributed by atoms with Crippen molar-refractivity contribution in [2.45, 2.75) is 6.54 Å². The summed E-state index contributed by atoms with van der Waals surface area (Å²) in [4.78, 5) is 9.75. The average molecular weight is 577 g/mol. The Bertz CT molecular complexity index is 2070. The number of rotatable bonds is 8. The highest BCUT2D eigenvalue weighted by Gasteiger charge is 2.06. The minimum atomic E-state index is 0.584. The second-order valence-corrected chi connectivity index (χ2v) is 11.0. The van der Waals surface area contributed by atoms with Crippen LogP contribution in [0.25, 0.3) is 50.4 Å². The first-order valence-electron chi connectivity index (χ1n) is 15.3. The third kappa shape index (κ3) is 6.56. The van der Waals surface area contributed by atoms with Crippen LogP contribution in [0.1, 0.15) is 16.7 Å². The van der Waals surface area contributed by atoms with Gasteiger partial charge in [-0.15, -0.1) is 0 Å². The predicted octanol–water partition coefficient (Wildman–Crippen LogP) is 10.9. The minimum Gasteiger partial charge on any atom is -0.280 e. The van der Waals surface area contributed by atoms with Crippen LogP contribution in [0.15, 0.2) is 181 Å². The van der Waals surface area contributed by atoms with Gasteiger partial charge in [0, 0.05) is 17.1 Å².